The third-order valence-corrected chi connectivity index (χ3v) is 3.84. The summed E-state index contributed by atoms with van der Waals surface area (Å²) < 4.78 is 5.63. The minimum absolute atomic E-state index is 0.0825. The first-order valence-electron chi connectivity index (χ1n) is 8.45. The quantitative estimate of drug-likeness (QED) is 0.654. The summed E-state index contributed by atoms with van der Waals surface area (Å²) in [6, 6.07) is 11.5. The molecule has 0 atom stereocenters. The van der Waals surface area contributed by atoms with E-state index < -0.39 is 5.97 Å². The molecule has 0 aliphatic heterocycles. The fourth-order valence-corrected chi connectivity index (χ4v) is 2.41. The summed E-state index contributed by atoms with van der Waals surface area (Å²) in [6.45, 7) is 6.46. The summed E-state index contributed by atoms with van der Waals surface area (Å²) in [7, 11) is 0. The minimum atomic E-state index is -1.04. The molecule has 1 amide bonds. The van der Waals surface area contributed by atoms with Crippen LogP contribution in [-0.2, 0) is 0 Å². The number of thiocarbonyl (C=S) groups is 1. The highest BCUT2D eigenvalue weighted by Crippen LogP contribution is 2.17. The van der Waals surface area contributed by atoms with E-state index in [1.807, 2.05) is 20.8 Å². The molecule has 0 aliphatic carbocycles. The second-order valence-electron chi connectivity index (χ2n) is 6.48. The fourth-order valence-electron chi connectivity index (χ4n) is 2.21. The van der Waals surface area contributed by atoms with Gasteiger partial charge in [-0.3, -0.25) is 10.1 Å². The molecular weight excluding hydrogens is 364 g/mol. The van der Waals surface area contributed by atoms with Gasteiger partial charge in [-0.2, -0.15) is 0 Å². The second kappa shape index (κ2) is 9.14. The molecule has 0 unspecified atom stereocenters. The lowest BCUT2D eigenvalue weighted by atomic mass is 10.1. The van der Waals surface area contributed by atoms with E-state index >= 15 is 0 Å². The Hall–Kier alpha value is -2.93. The number of amides is 1. The highest BCUT2D eigenvalue weighted by Gasteiger charge is 2.11. The summed E-state index contributed by atoms with van der Waals surface area (Å²) in [4.78, 5) is 23.5. The van der Waals surface area contributed by atoms with Crippen molar-refractivity contribution in [3.05, 3.63) is 59.2 Å². The van der Waals surface area contributed by atoms with Crippen LogP contribution in [0.3, 0.4) is 0 Å². The molecule has 3 N–H and O–H groups in total. The Labute approximate surface area is 163 Å². The average Bonchev–Trinajstić information content (AvgIpc) is 2.61. The van der Waals surface area contributed by atoms with Crippen molar-refractivity contribution in [2.75, 3.05) is 11.9 Å². The topological polar surface area (TPSA) is 87.7 Å². The third-order valence-electron chi connectivity index (χ3n) is 3.64. The van der Waals surface area contributed by atoms with Gasteiger partial charge in [0.2, 0.25) is 0 Å². The van der Waals surface area contributed by atoms with E-state index in [-0.39, 0.29) is 16.6 Å². The first-order chi connectivity index (χ1) is 12.8. The monoisotopic (exact) mass is 386 g/mol. The van der Waals surface area contributed by atoms with Gasteiger partial charge in [-0.25, -0.2) is 4.79 Å². The Morgan fingerprint density at radius 1 is 1.15 bits per heavy atom. The molecule has 0 spiro atoms. The van der Waals surface area contributed by atoms with Crippen molar-refractivity contribution >= 4 is 34.9 Å². The van der Waals surface area contributed by atoms with Crippen molar-refractivity contribution in [1.82, 2.24) is 5.32 Å². The van der Waals surface area contributed by atoms with Crippen molar-refractivity contribution < 1.29 is 19.4 Å². The number of hydrogen-bond acceptors (Lipinski definition) is 4. The smallest absolute Gasteiger partial charge is 0.335 e. The predicted octanol–water partition coefficient (Wildman–Crippen LogP) is 3.85. The van der Waals surface area contributed by atoms with Crippen LogP contribution in [-0.4, -0.2) is 28.7 Å². The Bertz CT molecular complexity index is 865. The lowest BCUT2D eigenvalue weighted by Gasteiger charge is -2.13. The van der Waals surface area contributed by atoms with Crippen molar-refractivity contribution in [3.63, 3.8) is 0 Å². The second-order valence-corrected chi connectivity index (χ2v) is 6.88. The van der Waals surface area contributed by atoms with Crippen LogP contribution >= 0.6 is 12.2 Å². The lowest BCUT2D eigenvalue weighted by Crippen LogP contribution is -2.34. The van der Waals surface area contributed by atoms with E-state index in [2.05, 4.69) is 10.6 Å². The van der Waals surface area contributed by atoms with Gasteiger partial charge in [0, 0.05) is 11.3 Å². The molecule has 0 aromatic heterocycles. The van der Waals surface area contributed by atoms with Crippen LogP contribution in [0.5, 0.6) is 5.75 Å². The number of ether oxygens (including phenoxy) is 1. The Balaban J connectivity index is 2.04. The molecule has 27 heavy (non-hydrogen) atoms. The van der Waals surface area contributed by atoms with Crippen LogP contribution in [0, 0.1) is 12.8 Å². The normalized spacial score (nSPS) is 10.4. The number of nitrogens with one attached hydrogen (secondary N) is 2. The number of anilines is 1. The lowest BCUT2D eigenvalue weighted by molar-refractivity contribution is 0.0696. The van der Waals surface area contributed by atoms with Gasteiger partial charge >= 0.3 is 5.97 Å². The summed E-state index contributed by atoms with van der Waals surface area (Å²) in [6.07, 6.45) is 0. The Kier molecular flexibility index (Phi) is 6.90. The van der Waals surface area contributed by atoms with Gasteiger partial charge in [0.25, 0.3) is 5.91 Å². The van der Waals surface area contributed by atoms with E-state index in [4.69, 9.17) is 22.1 Å². The number of carboxylic acid groups (broad SMARTS) is 1. The molecule has 7 heteroatoms. The van der Waals surface area contributed by atoms with E-state index in [1.54, 1.807) is 30.3 Å². The predicted molar refractivity (Wildman–Crippen MR) is 109 cm³/mol. The molecule has 142 valence electrons. The molecule has 6 nitrogen and oxygen atoms in total. The maximum atomic E-state index is 12.4. The summed E-state index contributed by atoms with van der Waals surface area (Å²) in [5, 5.41) is 14.6. The number of rotatable bonds is 6. The zero-order chi connectivity index (χ0) is 20.0. The molecule has 2 aromatic rings. The van der Waals surface area contributed by atoms with Crippen LogP contribution in [0.15, 0.2) is 42.5 Å². The van der Waals surface area contributed by atoms with Gasteiger partial charge in [0.05, 0.1) is 12.2 Å². The summed E-state index contributed by atoms with van der Waals surface area (Å²) in [5.41, 5.74) is 1.87. The zero-order valence-electron chi connectivity index (χ0n) is 15.4. The minimum Gasteiger partial charge on any atom is -0.493 e. The van der Waals surface area contributed by atoms with Crippen LogP contribution in [0.4, 0.5) is 5.69 Å². The highest BCUT2D eigenvalue weighted by molar-refractivity contribution is 7.80. The van der Waals surface area contributed by atoms with Gasteiger partial charge < -0.3 is 15.2 Å². The first-order valence-corrected chi connectivity index (χ1v) is 8.86. The van der Waals surface area contributed by atoms with Crippen molar-refractivity contribution in [1.29, 1.82) is 0 Å². The van der Waals surface area contributed by atoms with Crippen molar-refractivity contribution in [2.24, 2.45) is 5.92 Å². The van der Waals surface area contributed by atoms with E-state index in [0.717, 1.165) is 5.56 Å². The van der Waals surface area contributed by atoms with E-state index in [1.165, 1.54) is 12.1 Å². The number of aromatic carboxylic acids is 1. The molecule has 2 aromatic carbocycles. The molecule has 0 saturated heterocycles. The van der Waals surface area contributed by atoms with Crippen LogP contribution in [0.25, 0.3) is 0 Å². The van der Waals surface area contributed by atoms with Gasteiger partial charge in [-0.15, -0.1) is 0 Å². The molecule has 0 saturated carbocycles. The summed E-state index contributed by atoms with van der Waals surface area (Å²) in [5.74, 6) is -0.426. The van der Waals surface area contributed by atoms with Crippen LogP contribution in [0.2, 0.25) is 0 Å². The fraction of sp³-hybridized carbons (Fsp3) is 0.250. The molecule has 0 heterocycles. The number of carbonyl (C=O) groups excluding carboxylic acids is 1. The number of aryl methyl sites for hydroxylation is 1. The molecule has 0 radical (unpaired) electrons. The Morgan fingerprint density at radius 3 is 2.56 bits per heavy atom. The van der Waals surface area contributed by atoms with Crippen LogP contribution in [0.1, 0.15) is 40.1 Å². The maximum absolute atomic E-state index is 12.4. The molecular formula is C20H22N2O4S. The largest absolute Gasteiger partial charge is 0.493 e. The average molecular weight is 386 g/mol. The molecule has 0 fully saturated rings. The molecule has 0 aliphatic rings. The highest BCUT2D eigenvalue weighted by atomic mass is 32.1. The number of benzene rings is 2. The third kappa shape index (κ3) is 6.07. The zero-order valence-corrected chi connectivity index (χ0v) is 16.2. The first kappa shape index (κ1) is 20.4. The van der Waals surface area contributed by atoms with Gasteiger partial charge in [0.15, 0.2) is 5.11 Å². The molecule has 0 bridgehead atoms. The Morgan fingerprint density at radius 2 is 1.89 bits per heavy atom. The number of carbonyl (C=O) groups is 2. The van der Waals surface area contributed by atoms with Crippen LogP contribution < -0.4 is 15.4 Å². The van der Waals surface area contributed by atoms with E-state index in [9.17, 15) is 9.59 Å². The van der Waals surface area contributed by atoms with Crippen molar-refractivity contribution in [2.45, 2.75) is 20.8 Å². The van der Waals surface area contributed by atoms with Gasteiger partial charge in [-0.05, 0) is 61.0 Å². The maximum Gasteiger partial charge on any atom is 0.335 e. The number of carboxylic acids is 1. The van der Waals surface area contributed by atoms with Gasteiger partial charge in [-0.1, -0.05) is 26.0 Å². The van der Waals surface area contributed by atoms with Gasteiger partial charge in [0.1, 0.15) is 5.75 Å². The molecule has 2 rings (SSSR count). The summed E-state index contributed by atoms with van der Waals surface area (Å²) >= 11 is 5.18. The van der Waals surface area contributed by atoms with Crippen molar-refractivity contribution in [3.8, 4) is 5.75 Å². The number of hydrogen-bond donors (Lipinski definition) is 3. The SMILES string of the molecule is Cc1ccc(C(=O)O)cc1NC(=S)NC(=O)c1cccc(OCC(C)C)c1. The van der Waals surface area contributed by atoms with E-state index in [0.29, 0.717) is 29.5 Å². The standard InChI is InChI=1S/C20H22N2O4S/c1-12(2)11-26-16-6-4-5-14(9-16)18(23)22-20(27)21-17-10-15(19(24)25)8-7-13(17)3/h4-10,12H,11H2,1-3H3,(H,24,25)(H2,21,22,23,27).